The zero-order chi connectivity index (χ0) is 21.0. The number of hydrogen-bond acceptors (Lipinski definition) is 4. The van der Waals surface area contributed by atoms with Crippen LogP contribution in [0.4, 0.5) is 11.4 Å². The maximum absolute atomic E-state index is 13.1. The van der Waals surface area contributed by atoms with E-state index in [1.165, 1.54) is 25.7 Å². The van der Waals surface area contributed by atoms with Crippen LogP contribution in [0, 0.1) is 0 Å². The Kier molecular flexibility index (Phi) is 6.59. The summed E-state index contributed by atoms with van der Waals surface area (Å²) in [5.41, 5.74) is 3.08. The molecule has 1 fully saturated rings. The molecule has 2 aromatic rings. The van der Waals surface area contributed by atoms with Crippen molar-refractivity contribution >= 4 is 27.3 Å². The Hall–Kier alpha value is -2.38. The Labute approximate surface area is 173 Å². The van der Waals surface area contributed by atoms with Crippen LogP contribution >= 0.6 is 0 Å². The summed E-state index contributed by atoms with van der Waals surface area (Å²) in [7, 11) is -0.648. The van der Waals surface area contributed by atoms with Crippen LogP contribution in [0.15, 0.2) is 47.4 Å². The predicted octanol–water partition coefficient (Wildman–Crippen LogP) is 3.74. The lowest BCUT2D eigenvalue weighted by atomic mass is 10.1. The van der Waals surface area contributed by atoms with Crippen molar-refractivity contribution in [2.75, 3.05) is 37.4 Å². The molecule has 1 saturated heterocycles. The van der Waals surface area contributed by atoms with Gasteiger partial charge >= 0.3 is 0 Å². The van der Waals surface area contributed by atoms with E-state index in [2.05, 4.69) is 17.1 Å². The van der Waals surface area contributed by atoms with Crippen molar-refractivity contribution in [2.45, 2.75) is 37.5 Å². The number of carbonyl (C=O) groups excluding carboxylic acids is 1. The van der Waals surface area contributed by atoms with Crippen LogP contribution in [0.1, 0.15) is 42.1 Å². The molecule has 3 rings (SSSR count). The average molecular weight is 416 g/mol. The third kappa shape index (κ3) is 4.79. The maximum atomic E-state index is 13.1. The van der Waals surface area contributed by atoms with E-state index in [1.807, 2.05) is 24.3 Å². The number of rotatable bonds is 7. The second-order valence-electron chi connectivity index (χ2n) is 7.56. The second-order valence-corrected chi connectivity index (χ2v) is 9.71. The van der Waals surface area contributed by atoms with Crippen molar-refractivity contribution in [3.63, 3.8) is 0 Å². The fraction of sp³-hybridized carbons (Fsp3) is 0.409. The summed E-state index contributed by atoms with van der Waals surface area (Å²) in [6.07, 6.45) is 4.20. The first-order valence-corrected chi connectivity index (χ1v) is 11.5. The van der Waals surface area contributed by atoms with Crippen molar-refractivity contribution in [1.29, 1.82) is 0 Å². The molecule has 1 heterocycles. The molecule has 0 saturated carbocycles. The van der Waals surface area contributed by atoms with Gasteiger partial charge in [-0.25, -0.2) is 12.7 Å². The van der Waals surface area contributed by atoms with E-state index >= 15 is 0 Å². The Balaban J connectivity index is 1.94. The highest BCUT2D eigenvalue weighted by atomic mass is 32.2. The van der Waals surface area contributed by atoms with Gasteiger partial charge in [0.2, 0.25) is 10.0 Å². The van der Waals surface area contributed by atoms with Crippen molar-refractivity contribution in [1.82, 2.24) is 4.31 Å². The monoisotopic (exact) mass is 415 g/mol. The molecule has 1 amide bonds. The Bertz CT molecular complexity index is 963. The summed E-state index contributed by atoms with van der Waals surface area (Å²) in [4.78, 5) is 15.4. The summed E-state index contributed by atoms with van der Waals surface area (Å²) in [6, 6.07) is 12.6. The van der Waals surface area contributed by atoms with Gasteiger partial charge in [-0.2, -0.15) is 0 Å². The molecule has 2 aromatic carbocycles. The summed E-state index contributed by atoms with van der Waals surface area (Å²) in [5, 5.41) is 2.93. The first-order valence-electron chi connectivity index (χ1n) is 10.0. The van der Waals surface area contributed by atoms with E-state index < -0.39 is 10.0 Å². The number of hydrogen-bond donors (Lipinski definition) is 1. The van der Waals surface area contributed by atoms with Crippen LogP contribution in [0.2, 0.25) is 0 Å². The zero-order valence-electron chi connectivity index (χ0n) is 17.3. The number of carbonyl (C=O) groups is 1. The highest BCUT2D eigenvalue weighted by molar-refractivity contribution is 7.89. The molecule has 6 nitrogen and oxygen atoms in total. The minimum absolute atomic E-state index is 0.119. The maximum Gasteiger partial charge on any atom is 0.257 e. The molecule has 1 aliphatic heterocycles. The minimum atomic E-state index is -3.62. The smallest absolute Gasteiger partial charge is 0.257 e. The average Bonchev–Trinajstić information content (AvgIpc) is 3.23. The zero-order valence-corrected chi connectivity index (χ0v) is 18.1. The van der Waals surface area contributed by atoms with Gasteiger partial charge in [-0.05, 0) is 55.2 Å². The van der Waals surface area contributed by atoms with E-state index in [9.17, 15) is 13.2 Å². The molecule has 0 bridgehead atoms. The fourth-order valence-electron chi connectivity index (χ4n) is 3.54. The largest absolute Gasteiger partial charge is 0.371 e. The quantitative estimate of drug-likeness (QED) is 0.748. The van der Waals surface area contributed by atoms with Crippen LogP contribution < -0.4 is 10.2 Å². The van der Waals surface area contributed by atoms with Gasteiger partial charge in [0.25, 0.3) is 5.91 Å². The van der Waals surface area contributed by atoms with Crippen molar-refractivity contribution < 1.29 is 13.2 Å². The minimum Gasteiger partial charge on any atom is -0.371 e. The normalized spacial score (nSPS) is 14.4. The first-order chi connectivity index (χ1) is 13.8. The molecule has 0 atom stereocenters. The summed E-state index contributed by atoms with van der Waals surface area (Å²) in [6.45, 7) is 3.86. The van der Waals surface area contributed by atoms with Gasteiger partial charge in [0.1, 0.15) is 0 Å². The number of sulfonamides is 1. The number of benzene rings is 2. The number of amides is 1. The van der Waals surface area contributed by atoms with Crippen molar-refractivity contribution in [3.05, 3.63) is 53.6 Å². The summed E-state index contributed by atoms with van der Waals surface area (Å²) in [5.74, 6) is -0.300. The van der Waals surface area contributed by atoms with Gasteiger partial charge in [0, 0.05) is 38.6 Å². The van der Waals surface area contributed by atoms with Crippen LogP contribution in [0.3, 0.4) is 0 Å². The Morgan fingerprint density at radius 2 is 1.72 bits per heavy atom. The van der Waals surface area contributed by atoms with E-state index in [0.717, 1.165) is 48.8 Å². The number of nitrogens with zero attached hydrogens (tertiary/aromatic N) is 2. The molecule has 0 aliphatic carbocycles. The molecular formula is C22H29N3O3S. The topological polar surface area (TPSA) is 69.7 Å². The lowest BCUT2D eigenvalue weighted by Crippen LogP contribution is -2.25. The lowest BCUT2D eigenvalue weighted by molar-refractivity contribution is 0.102. The predicted molar refractivity (Wildman–Crippen MR) is 117 cm³/mol. The highest BCUT2D eigenvalue weighted by Crippen LogP contribution is 2.29. The van der Waals surface area contributed by atoms with Crippen LogP contribution in [-0.4, -0.2) is 45.8 Å². The third-order valence-corrected chi connectivity index (χ3v) is 7.00. The van der Waals surface area contributed by atoms with Crippen molar-refractivity contribution in [3.8, 4) is 0 Å². The molecular weight excluding hydrogens is 386 g/mol. The third-order valence-electron chi connectivity index (χ3n) is 5.19. The molecule has 7 heteroatoms. The SMILES string of the molecule is CCCc1ccc(NC(=O)c2cc(S(=O)(=O)N(C)C)ccc2N2CCCC2)cc1. The molecule has 1 aliphatic rings. The molecule has 0 aromatic heterocycles. The Morgan fingerprint density at radius 1 is 1.07 bits per heavy atom. The molecule has 29 heavy (non-hydrogen) atoms. The number of nitrogens with one attached hydrogen (secondary N) is 1. The van der Waals surface area contributed by atoms with Crippen LogP contribution in [0.25, 0.3) is 0 Å². The molecule has 156 valence electrons. The van der Waals surface area contributed by atoms with E-state index in [4.69, 9.17) is 0 Å². The van der Waals surface area contributed by atoms with Gasteiger partial charge < -0.3 is 10.2 Å². The standard InChI is InChI=1S/C22H29N3O3S/c1-4-7-17-8-10-18(11-9-17)23-22(26)20-16-19(29(27,28)24(2)3)12-13-21(20)25-14-5-6-15-25/h8-13,16H,4-7,14-15H2,1-3H3,(H,23,26). The molecule has 0 spiro atoms. The van der Waals surface area contributed by atoms with E-state index in [1.54, 1.807) is 12.1 Å². The number of aryl methyl sites for hydroxylation is 1. The highest BCUT2D eigenvalue weighted by Gasteiger charge is 2.24. The van der Waals surface area contributed by atoms with E-state index in [0.29, 0.717) is 11.3 Å². The summed E-state index contributed by atoms with van der Waals surface area (Å²) < 4.78 is 26.3. The van der Waals surface area contributed by atoms with Gasteiger partial charge in [0.05, 0.1) is 10.5 Å². The molecule has 1 N–H and O–H groups in total. The van der Waals surface area contributed by atoms with Crippen LogP contribution in [-0.2, 0) is 16.4 Å². The Morgan fingerprint density at radius 3 is 2.31 bits per heavy atom. The lowest BCUT2D eigenvalue weighted by Gasteiger charge is -2.22. The second kappa shape index (κ2) is 8.97. The van der Waals surface area contributed by atoms with Gasteiger partial charge in [0.15, 0.2) is 0 Å². The van der Waals surface area contributed by atoms with Crippen molar-refractivity contribution in [2.24, 2.45) is 0 Å². The van der Waals surface area contributed by atoms with Gasteiger partial charge in [-0.1, -0.05) is 25.5 Å². The molecule has 0 unspecified atom stereocenters. The van der Waals surface area contributed by atoms with Crippen LogP contribution in [0.5, 0.6) is 0 Å². The first kappa shape index (κ1) is 21.3. The number of anilines is 2. The van der Waals surface area contributed by atoms with Gasteiger partial charge in [-0.15, -0.1) is 0 Å². The van der Waals surface area contributed by atoms with E-state index in [-0.39, 0.29) is 10.8 Å². The molecule has 0 radical (unpaired) electrons. The van der Waals surface area contributed by atoms with Gasteiger partial charge in [-0.3, -0.25) is 4.79 Å². The summed E-state index contributed by atoms with van der Waals surface area (Å²) >= 11 is 0. The fourth-order valence-corrected chi connectivity index (χ4v) is 4.47.